The van der Waals surface area contributed by atoms with Gasteiger partial charge in [0, 0.05) is 33.8 Å². The number of para-hydroxylation sites is 3. The van der Waals surface area contributed by atoms with Gasteiger partial charge >= 0.3 is 0 Å². The number of hydrogen-bond donors (Lipinski definition) is 0. The molecular formula is C82H58N4O2Si. The first-order chi connectivity index (χ1) is 53.3. The van der Waals surface area contributed by atoms with Crippen molar-refractivity contribution in [2.75, 3.05) is 0 Å². The maximum Gasteiger partial charge on any atom is 0.269 e. The van der Waals surface area contributed by atoms with Crippen LogP contribution in [-0.2, 0) is 5.41 Å². The van der Waals surface area contributed by atoms with Gasteiger partial charge in [-0.2, -0.15) is 0 Å². The molecule has 1 aliphatic rings. The summed E-state index contributed by atoms with van der Waals surface area (Å²) in [6.07, 6.45) is 5.34. The van der Waals surface area contributed by atoms with Crippen LogP contribution in [0, 0.1) is 6.33 Å². The number of pyridine rings is 1. The number of rotatable bonds is 9. The highest BCUT2D eigenvalue weighted by Gasteiger charge is 2.43. The summed E-state index contributed by atoms with van der Waals surface area (Å²) in [5, 5.41) is 0.145. The number of benzene rings is 12. The van der Waals surface area contributed by atoms with Crippen molar-refractivity contribution in [3.05, 3.63) is 309 Å². The lowest BCUT2D eigenvalue weighted by Gasteiger charge is -2.35. The van der Waals surface area contributed by atoms with Crippen LogP contribution in [-0.4, -0.2) is 22.2 Å². The Morgan fingerprint density at radius 1 is 0.461 bits per heavy atom. The third-order valence-electron chi connectivity index (χ3n) is 16.7. The van der Waals surface area contributed by atoms with Crippen LogP contribution in [0.15, 0.2) is 301 Å². The van der Waals surface area contributed by atoms with E-state index in [4.69, 9.17) is 18.3 Å². The van der Waals surface area contributed by atoms with Crippen molar-refractivity contribution in [1.29, 1.82) is 0 Å². The second-order valence-electron chi connectivity index (χ2n) is 22.7. The first kappa shape index (κ1) is 33.7. The fourth-order valence-electron chi connectivity index (χ4n) is 12.7. The molecule has 0 bridgehead atoms. The number of imidazole rings is 1. The molecule has 12 aromatic carbocycles. The topological polar surface area (TPSA) is 49.0 Å². The molecule has 0 saturated heterocycles. The number of hydrogen-bond acceptors (Lipinski definition) is 3. The average Bonchev–Trinajstić information content (AvgIpc) is 1.05. The van der Waals surface area contributed by atoms with E-state index in [1.165, 1.54) is 21.3 Å². The van der Waals surface area contributed by atoms with Crippen LogP contribution in [0.1, 0.15) is 57.9 Å². The van der Waals surface area contributed by atoms with E-state index in [2.05, 4.69) is 31.7 Å². The van der Waals surface area contributed by atoms with Crippen molar-refractivity contribution in [1.82, 2.24) is 14.1 Å². The van der Waals surface area contributed by atoms with Crippen LogP contribution >= 0.6 is 0 Å². The smallest absolute Gasteiger partial charge is 0.269 e. The summed E-state index contributed by atoms with van der Waals surface area (Å²) < 4.78 is 242. The zero-order valence-electron chi connectivity index (χ0n) is 70.6. The number of ether oxygens (including phenoxy) is 1. The second kappa shape index (κ2) is 20.5. The summed E-state index contributed by atoms with van der Waals surface area (Å²) >= 11 is 0. The first-order valence-corrected chi connectivity index (χ1v) is 30.6. The molecule has 5 heterocycles. The van der Waals surface area contributed by atoms with Gasteiger partial charge in [0.2, 0.25) is 0 Å². The number of nitrogens with zero attached hydrogens (tertiary/aromatic N) is 4. The van der Waals surface area contributed by atoms with Crippen molar-refractivity contribution < 1.29 is 45.2 Å². The quantitative estimate of drug-likeness (QED) is 0.0626. The molecule has 0 radical (unpaired) electrons. The van der Waals surface area contributed by atoms with Crippen molar-refractivity contribution >= 4 is 83.6 Å². The molecular weight excluding hydrogens is 1100 g/mol. The van der Waals surface area contributed by atoms with Crippen molar-refractivity contribution in [2.45, 2.75) is 26.2 Å². The summed E-state index contributed by atoms with van der Waals surface area (Å²) in [5.41, 5.74) is 2.33. The molecule has 4 aromatic heterocycles. The molecule has 16 aromatic rings. The van der Waals surface area contributed by atoms with E-state index < -0.39 is 184 Å². The molecule has 0 aliphatic carbocycles. The zero-order chi connectivity index (χ0) is 79.4. The van der Waals surface area contributed by atoms with Gasteiger partial charge in [-0.25, -0.2) is 4.98 Å². The molecule has 17 rings (SSSR count). The molecule has 1 aliphatic heterocycles. The Balaban J connectivity index is 1.09. The molecule has 0 unspecified atom stereocenters. The van der Waals surface area contributed by atoms with Gasteiger partial charge in [-0.1, -0.05) is 239 Å². The molecule has 0 fully saturated rings. The molecule has 0 N–H and O–H groups in total. The van der Waals surface area contributed by atoms with Gasteiger partial charge in [0.05, 0.1) is 65.0 Å². The molecule has 0 amide bonds. The number of furan rings is 1. The first-order valence-electron chi connectivity index (χ1n) is 40.1. The van der Waals surface area contributed by atoms with Gasteiger partial charge in [0.1, 0.15) is 28.5 Å². The number of aromatic nitrogens is 4. The second-order valence-corrected chi connectivity index (χ2v) is 26.3. The van der Waals surface area contributed by atoms with Gasteiger partial charge in [0.25, 0.3) is 6.33 Å². The third kappa shape index (κ3) is 8.37. The predicted molar refractivity (Wildman–Crippen MR) is 367 cm³/mol. The minimum Gasteiger partial charge on any atom is -0.458 e. The van der Waals surface area contributed by atoms with Crippen LogP contribution in [0.25, 0.3) is 116 Å². The highest BCUT2D eigenvalue weighted by Crippen LogP contribution is 2.46. The van der Waals surface area contributed by atoms with Crippen LogP contribution in [0.5, 0.6) is 11.5 Å². The van der Waals surface area contributed by atoms with E-state index in [0.29, 0.717) is 39.2 Å². The lowest BCUT2D eigenvalue weighted by atomic mass is 9.88. The standard InChI is InChI=1S/C82H58N4O2Si/c1-82(2,3)55-45-46-83-79(48-55)86-74-39-19-17-35-68(74)69-43-42-58(50-75(69)86)87-57-24-21-23-56(49-57)84-53-85-80-63(54-41-44-78-72(47-54)70-36-18-20-40-77(70)88-78)37-22-38-71(80)66-33-15-13-31-64(66)65-32-14-16-34-67(65)73-51-62(52-76(84)81(73)85)89(59-25-7-4-8-26-59,60-27-9-5-10-28-60)61-29-11-6-12-30-61/h4-52H,1-3H3/i4D,5D,6D,7D,8D,9D,10D,11D,12D,13D,14D,15D,16D,25D,26D,27D,28D,29D,30D,31D,32D,33D,34D. The molecule has 0 atom stereocenters. The summed E-state index contributed by atoms with van der Waals surface area (Å²) in [6.45, 7) is 6.35. The predicted octanol–water partition coefficient (Wildman–Crippen LogP) is 17.5. The fraction of sp³-hybridized carbons (Fsp3) is 0.0488. The van der Waals surface area contributed by atoms with Gasteiger partial charge in [-0.15, -0.1) is 0 Å². The Bertz CT molecular complexity index is 6670. The SMILES string of the molecule is [2H]c1c([2H])c([2H])c([Si](c2cc3c4c(c2)n(-c2cccc(Oc5ccc6c7ccccc7n(-c7cc(C(C)(C)C)ccn7)c6c5)c2)[c-][n+]4-c2c(-c4ccc5oc6ccccc6c5c4)cccc2-c2c([2H])c([2H])c([2H])c([2H])c2-c2c([2H])c([2H])c([2H])c([2H])c2-3)(c2c([2H])c([2H])c([2H])c([2H])c2[2H])c2c([2H])c([2H])c([2H])c([2H])c2[2H])c([2H])c1[2H]. The summed E-state index contributed by atoms with van der Waals surface area (Å²) in [7, 11) is -6.21. The van der Waals surface area contributed by atoms with Crippen molar-refractivity contribution in [2.24, 2.45) is 0 Å². The molecule has 422 valence electrons. The Morgan fingerprint density at radius 3 is 1.76 bits per heavy atom. The fourth-order valence-corrected chi connectivity index (χ4v) is 16.6. The third-order valence-corrected chi connectivity index (χ3v) is 20.9. The summed E-state index contributed by atoms with van der Waals surface area (Å²) in [6, 6.07) is 22.5. The molecule has 7 heteroatoms. The highest BCUT2D eigenvalue weighted by molar-refractivity contribution is 7.20. The Hall–Kier alpha value is -11.1. The van der Waals surface area contributed by atoms with E-state index >= 15 is 0 Å². The minimum absolute atomic E-state index is 0.0542. The van der Waals surface area contributed by atoms with E-state index in [1.807, 2.05) is 84.9 Å². The lowest BCUT2D eigenvalue weighted by Crippen LogP contribution is -2.74. The summed E-state index contributed by atoms with van der Waals surface area (Å²) in [5.74, 6) is 1.20. The van der Waals surface area contributed by atoms with E-state index in [1.54, 1.807) is 60.8 Å². The van der Waals surface area contributed by atoms with E-state index in [9.17, 15) is 27.4 Å². The van der Waals surface area contributed by atoms with Gasteiger partial charge in [-0.05, 0) is 143 Å². The molecule has 0 spiro atoms. The largest absolute Gasteiger partial charge is 0.458 e. The minimum atomic E-state index is -6.21. The van der Waals surface area contributed by atoms with Crippen molar-refractivity contribution in [3.63, 3.8) is 0 Å². The normalized spacial score (nSPS) is 15.8. The average molecular weight is 1180 g/mol. The van der Waals surface area contributed by atoms with Crippen LogP contribution < -0.4 is 30.1 Å². The number of fused-ring (bicyclic) bond motifs is 13. The van der Waals surface area contributed by atoms with Gasteiger partial charge < -0.3 is 9.15 Å². The molecule has 6 nitrogen and oxygen atoms in total. The van der Waals surface area contributed by atoms with Crippen molar-refractivity contribution in [3.8, 4) is 73.2 Å². The van der Waals surface area contributed by atoms with Gasteiger partial charge in [-0.3, -0.25) is 13.7 Å². The Morgan fingerprint density at radius 2 is 1.06 bits per heavy atom. The molecule has 89 heavy (non-hydrogen) atoms. The summed E-state index contributed by atoms with van der Waals surface area (Å²) in [4.78, 5) is 4.87. The monoisotopic (exact) mass is 1180 g/mol. The Kier molecular flexibility index (Phi) is 7.77. The van der Waals surface area contributed by atoms with Gasteiger partial charge in [0.15, 0.2) is 8.07 Å². The highest BCUT2D eigenvalue weighted by atomic mass is 28.3. The lowest BCUT2D eigenvalue weighted by molar-refractivity contribution is -0.570. The Labute approximate surface area is 549 Å². The zero-order valence-corrected chi connectivity index (χ0v) is 48.6. The maximum atomic E-state index is 10.4. The van der Waals surface area contributed by atoms with Crippen LogP contribution in [0.3, 0.4) is 0 Å². The maximum absolute atomic E-state index is 10.4. The molecule has 0 saturated carbocycles. The van der Waals surface area contributed by atoms with E-state index in [0.717, 1.165) is 32.8 Å². The van der Waals surface area contributed by atoms with E-state index in [-0.39, 0.29) is 50.3 Å². The van der Waals surface area contributed by atoms with Crippen LogP contribution in [0.2, 0.25) is 0 Å². The van der Waals surface area contributed by atoms with Crippen LogP contribution in [0.4, 0.5) is 0 Å².